The highest BCUT2D eigenvalue weighted by Gasteiger charge is 2.29. The number of aromatic amines is 1. The van der Waals surface area contributed by atoms with Gasteiger partial charge in [-0.05, 0) is 39.2 Å². The molecule has 7 nitrogen and oxygen atoms in total. The standard InChI is InChI=1S/C17H20N2O5S/c1-4-23-17(22)12-8(2)11-14(20)18-13(19-15(11)25-12)9(3)24-16(21)10-6-5-7-10/h9-10H,4-7H2,1-3H3,(H,18,19,20)/t9-/m1/s1. The number of carbonyl (C=O) groups is 2. The molecule has 0 unspecified atom stereocenters. The Bertz CT molecular complexity index is 881. The summed E-state index contributed by atoms with van der Waals surface area (Å²) in [6, 6.07) is 0. The maximum absolute atomic E-state index is 12.4. The SMILES string of the molecule is CCOC(=O)c1sc2nc([C@@H](C)OC(=O)C3CCC3)[nH]c(=O)c2c1C. The molecule has 2 heterocycles. The minimum Gasteiger partial charge on any atom is -0.462 e. The van der Waals surface area contributed by atoms with Crippen LogP contribution < -0.4 is 5.56 Å². The number of rotatable bonds is 5. The lowest BCUT2D eigenvalue weighted by atomic mass is 9.86. The van der Waals surface area contributed by atoms with Gasteiger partial charge in [0.15, 0.2) is 11.9 Å². The normalized spacial score (nSPS) is 15.6. The van der Waals surface area contributed by atoms with E-state index in [1.54, 1.807) is 20.8 Å². The van der Waals surface area contributed by atoms with Crippen molar-refractivity contribution < 1.29 is 19.1 Å². The molecule has 134 valence electrons. The molecule has 0 aliphatic heterocycles. The molecule has 8 heteroatoms. The van der Waals surface area contributed by atoms with Gasteiger partial charge in [0.05, 0.1) is 17.9 Å². The molecule has 2 aromatic rings. The highest BCUT2D eigenvalue weighted by molar-refractivity contribution is 7.20. The molecule has 1 atom stereocenters. The molecule has 0 saturated heterocycles. The van der Waals surface area contributed by atoms with Gasteiger partial charge in [-0.2, -0.15) is 0 Å². The first kappa shape index (κ1) is 17.6. The number of aromatic nitrogens is 2. The number of nitrogens with zero attached hydrogens (tertiary/aromatic N) is 1. The zero-order chi connectivity index (χ0) is 18.1. The fourth-order valence-electron chi connectivity index (χ4n) is 2.71. The summed E-state index contributed by atoms with van der Waals surface area (Å²) in [5.41, 5.74) is 0.203. The van der Waals surface area contributed by atoms with Crippen LogP contribution in [0.2, 0.25) is 0 Å². The Labute approximate surface area is 148 Å². The molecule has 0 aromatic carbocycles. The van der Waals surface area contributed by atoms with Gasteiger partial charge >= 0.3 is 11.9 Å². The molecular formula is C17H20N2O5S. The molecule has 1 aliphatic carbocycles. The Kier molecular flexibility index (Phi) is 4.89. The Morgan fingerprint density at radius 3 is 2.72 bits per heavy atom. The van der Waals surface area contributed by atoms with Gasteiger partial charge < -0.3 is 14.5 Å². The van der Waals surface area contributed by atoms with E-state index in [2.05, 4.69) is 9.97 Å². The van der Waals surface area contributed by atoms with Crippen LogP contribution in [0.4, 0.5) is 0 Å². The van der Waals surface area contributed by atoms with Crippen molar-refractivity contribution in [2.45, 2.75) is 46.1 Å². The predicted octanol–water partition coefficient (Wildman–Crippen LogP) is 2.87. The van der Waals surface area contributed by atoms with Crippen molar-refractivity contribution in [3.63, 3.8) is 0 Å². The van der Waals surface area contributed by atoms with E-state index in [1.165, 1.54) is 0 Å². The molecule has 0 radical (unpaired) electrons. The maximum Gasteiger partial charge on any atom is 0.348 e. The van der Waals surface area contributed by atoms with Gasteiger partial charge in [0.2, 0.25) is 0 Å². The van der Waals surface area contributed by atoms with E-state index in [4.69, 9.17) is 9.47 Å². The summed E-state index contributed by atoms with van der Waals surface area (Å²) in [6.45, 7) is 5.35. The summed E-state index contributed by atoms with van der Waals surface area (Å²) in [7, 11) is 0. The zero-order valence-electron chi connectivity index (χ0n) is 14.4. The van der Waals surface area contributed by atoms with E-state index in [0.717, 1.165) is 30.6 Å². The average molecular weight is 364 g/mol. The van der Waals surface area contributed by atoms with Crippen LogP contribution in [0.5, 0.6) is 0 Å². The number of esters is 2. The molecule has 2 aromatic heterocycles. The lowest BCUT2D eigenvalue weighted by molar-refractivity contribution is -0.156. The highest BCUT2D eigenvalue weighted by Crippen LogP contribution is 2.31. The maximum atomic E-state index is 12.4. The monoisotopic (exact) mass is 364 g/mol. The molecule has 1 aliphatic rings. The average Bonchev–Trinajstić information content (AvgIpc) is 2.83. The van der Waals surface area contributed by atoms with Crippen LogP contribution in [-0.4, -0.2) is 28.5 Å². The lowest BCUT2D eigenvalue weighted by Crippen LogP contribution is -2.26. The summed E-state index contributed by atoms with van der Waals surface area (Å²) in [5, 5.41) is 0.370. The highest BCUT2D eigenvalue weighted by atomic mass is 32.1. The van der Waals surface area contributed by atoms with Crippen molar-refractivity contribution in [2.75, 3.05) is 6.61 Å². The van der Waals surface area contributed by atoms with Crippen molar-refractivity contribution in [1.29, 1.82) is 0 Å². The van der Waals surface area contributed by atoms with E-state index in [1.807, 2.05) is 0 Å². The first-order valence-corrected chi connectivity index (χ1v) is 9.15. The second-order valence-corrected chi connectivity index (χ2v) is 7.11. The van der Waals surface area contributed by atoms with Crippen molar-refractivity contribution in [2.24, 2.45) is 5.92 Å². The number of carbonyl (C=O) groups excluding carboxylic acids is 2. The Morgan fingerprint density at radius 1 is 1.40 bits per heavy atom. The summed E-state index contributed by atoms with van der Waals surface area (Å²) in [4.78, 5) is 44.3. The van der Waals surface area contributed by atoms with Crippen LogP contribution >= 0.6 is 11.3 Å². The minimum absolute atomic E-state index is 0.0442. The molecule has 0 amide bonds. The number of thiophene rings is 1. The Hall–Kier alpha value is -2.22. The summed E-state index contributed by atoms with van der Waals surface area (Å²) in [6.07, 6.45) is 2.09. The van der Waals surface area contributed by atoms with Crippen molar-refractivity contribution in [3.05, 3.63) is 26.6 Å². The van der Waals surface area contributed by atoms with Crippen molar-refractivity contribution in [3.8, 4) is 0 Å². The number of aryl methyl sites for hydroxylation is 1. The largest absolute Gasteiger partial charge is 0.462 e. The van der Waals surface area contributed by atoms with E-state index >= 15 is 0 Å². The minimum atomic E-state index is -0.654. The van der Waals surface area contributed by atoms with Gasteiger partial charge in [0.1, 0.15) is 9.71 Å². The van der Waals surface area contributed by atoms with Crippen LogP contribution in [0.25, 0.3) is 10.2 Å². The number of ether oxygens (including phenoxy) is 2. The van der Waals surface area contributed by atoms with Crippen LogP contribution in [0.15, 0.2) is 4.79 Å². The van der Waals surface area contributed by atoms with Crippen molar-refractivity contribution >= 4 is 33.5 Å². The molecule has 1 N–H and O–H groups in total. The Balaban J connectivity index is 1.91. The van der Waals surface area contributed by atoms with E-state index in [0.29, 0.717) is 20.7 Å². The van der Waals surface area contributed by atoms with Gasteiger partial charge in [0, 0.05) is 0 Å². The number of fused-ring (bicyclic) bond motifs is 1. The topological polar surface area (TPSA) is 98.3 Å². The lowest BCUT2D eigenvalue weighted by Gasteiger charge is -2.24. The van der Waals surface area contributed by atoms with Crippen LogP contribution in [0, 0.1) is 12.8 Å². The van der Waals surface area contributed by atoms with Gasteiger partial charge in [-0.3, -0.25) is 9.59 Å². The fraction of sp³-hybridized carbons (Fsp3) is 0.529. The second kappa shape index (κ2) is 6.95. The van der Waals surface area contributed by atoms with Gasteiger partial charge in [0.25, 0.3) is 5.56 Å². The molecule has 0 bridgehead atoms. The third-order valence-electron chi connectivity index (χ3n) is 4.40. The predicted molar refractivity (Wildman–Crippen MR) is 92.8 cm³/mol. The first-order chi connectivity index (χ1) is 11.9. The van der Waals surface area contributed by atoms with Crippen LogP contribution in [-0.2, 0) is 14.3 Å². The van der Waals surface area contributed by atoms with Crippen LogP contribution in [0.3, 0.4) is 0 Å². The summed E-state index contributed by atoms with van der Waals surface area (Å²) >= 11 is 1.11. The zero-order valence-corrected chi connectivity index (χ0v) is 15.2. The van der Waals surface area contributed by atoms with E-state index < -0.39 is 12.1 Å². The number of hydrogen-bond donors (Lipinski definition) is 1. The second-order valence-electron chi connectivity index (χ2n) is 6.11. The van der Waals surface area contributed by atoms with Crippen LogP contribution in [0.1, 0.15) is 60.3 Å². The number of hydrogen-bond acceptors (Lipinski definition) is 7. The van der Waals surface area contributed by atoms with Gasteiger partial charge in [-0.25, -0.2) is 9.78 Å². The molecular weight excluding hydrogens is 344 g/mol. The number of nitrogens with one attached hydrogen (secondary N) is 1. The fourth-order valence-corrected chi connectivity index (χ4v) is 3.80. The van der Waals surface area contributed by atoms with Gasteiger partial charge in [-0.1, -0.05) is 6.42 Å². The number of H-pyrrole nitrogens is 1. The molecule has 3 rings (SSSR count). The van der Waals surface area contributed by atoms with E-state index in [-0.39, 0.29) is 29.9 Å². The molecule has 1 fully saturated rings. The van der Waals surface area contributed by atoms with E-state index in [9.17, 15) is 14.4 Å². The van der Waals surface area contributed by atoms with Crippen molar-refractivity contribution in [1.82, 2.24) is 9.97 Å². The molecule has 1 saturated carbocycles. The summed E-state index contributed by atoms with van der Waals surface area (Å²) in [5.74, 6) is -0.483. The smallest absolute Gasteiger partial charge is 0.348 e. The third-order valence-corrected chi connectivity index (χ3v) is 5.56. The summed E-state index contributed by atoms with van der Waals surface area (Å²) < 4.78 is 10.4. The Morgan fingerprint density at radius 2 is 2.12 bits per heavy atom. The molecule has 0 spiro atoms. The van der Waals surface area contributed by atoms with Gasteiger partial charge in [-0.15, -0.1) is 11.3 Å². The third kappa shape index (κ3) is 3.30. The first-order valence-electron chi connectivity index (χ1n) is 8.33. The molecule has 25 heavy (non-hydrogen) atoms. The quantitative estimate of drug-likeness (QED) is 0.819.